The predicted octanol–water partition coefficient (Wildman–Crippen LogP) is 11.0. The highest BCUT2D eigenvalue weighted by molar-refractivity contribution is 7.27. The molecule has 0 aliphatic carbocycles. The van der Waals surface area contributed by atoms with E-state index in [1.165, 1.54) is 62.9 Å². The fourth-order valence-electron chi connectivity index (χ4n) is 5.53. The quantitative estimate of drug-likeness (QED) is 0.222. The highest BCUT2D eigenvalue weighted by Gasteiger charge is 2.16. The summed E-state index contributed by atoms with van der Waals surface area (Å²) in [5.41, 5.74) is 8.73. The van der Waals surface area contributed by atoms with Gasteiger partial charge >= 0.3 is 0 Å². The van der Waals surface area contributed by atoms with E-state index >= 15 is 0 Å². The van der Waals surface area contributed by atoms with Crippen molar-refractivity contribution < 1.29 is 5.11 Å². The molecule has 39 heavy (non-hydrogen) atoms. The van der Waals surface area contributed by atoms with Crippen molar-refractivity contribution in [3.63, 3.8) is 0 Å². The van der Waals surface area contributed by atoms with Gasteiger partial charge in [-0.3, -0.25) is 0 Å². The number of fused-ring (bicyclic) bond motifs is 3. The highest BCUT2D eigenvalue weighted by atomic mass is 32.1. The van der Waals surface area contributed by atoms with Crippen LogP contribution in [0, 0.1) is 13.8 Å². The fraction of sp³-hybridized carbons (Fsp3) is 0.118. The Morgan fingerprint density at radius 2 is 1.28 bits per heavy atom. The summed E-state index contributed by atoms with van der Waals surface area (Å²) in [7, 11) is 0. The molecule has 0 amide bonds. The predicted molar refractivity (Wildman–Crippen MR) is 172 cm³/mol. The molecule has 0 unspecified atom stereocenters. The Balaban J connectivity index is 1.33. The topological polar surface area (TPSA) is 25.2 Å². The smallest absolute Gasteiger partial charge is 0.115 e. The molecule has 4 aromatic heterocycles. The molecule has 0 aliphatic rings. The van der Waals surface area contributed by atoms with Gasteiger partial charge in [-0.1, -0.05) is 24.3 Å². The van der Waals surface area contributed by atoms with Crippen molar-refractivity contribution in [3.8, 4) is 46.8 Å². The SMILES string of the molecule is CCn1c2ccc(-c3ccc(O)cc3)cc2c2cc(-c3sc(-c4ccc(-c5sccc5C)s4)cc3C)ccc21. The van der Waals surface area contributed by atoms with E-state index < -0.39 is 0 Å². The zero-order valence-corrected chi connectivity index (χ0v) is 24.4. The molecular weight excluding hydrogens is 535 g/mol. The maximum atomic E-state index is 9.74. The van der Waals surface area contributed by atoms with Crippen LogP contribution in [-0.4, -0.2) is 9.67 Å². The van der Waals surface area contributed by atoms with Gasteiger partial charge < -0.3 is 9.67 Å². The van der Waals surface area contributed by atoms with Gasteiger partial charge in [-0.25, -0.2) is 0 Å². The molecule has 2 nitrogen and oxygen atoms in total. The normalized spacial score (nSPS) is 11.7. The van der Waals surface area contributed by atoms with Gasteiger partial charge in [0.25, 0.3) is 0 Å². The Bertz CT molecular complexity index is 1980. The summed E-state index contributed by atoms with van der Waals surface area (Å²) in [5, 5.41) is 14.5. The molecule has 0 bridgehead atoms. The monoisotopic (exact) mass is 561 g/mol. The summed E-state index contributed by atoms with van der Waals surface area (Å²) in [6.45, 7) is 7.56. The Kier molecular flexibility index (Phi) is 5.96. The van der Waals surface area contributed by atoms with E-state index in [1.807, 2.05) is 46.1 Å². The minimum absolute atomic E-state index is 0.290. The first-order chi connectivity index (χ1) is 19.0. The Labute approximate surface area is 240 Å². The van der Waals surface area contributed by atoms with Gasteiger partial charge in [-0.15, -0.1) is 34.0 Å². The Hall–Kier alpha value is -3.64. The summed E-state index contributed by atoms with van der Waals surface area (Å²) in [5.74, 6) is 0.290. The molecule has 0 spiro atoms. The number of aromatic hydroxyl groups is 1. The number of aromatic nitrogens is 1. The van der Waals surface area contributed by atoms with Crippen LogP contribution in [0.3, 0.4) is 0 Å². The van der Waals surface area contributed by atoms with Crippen molar-refractivity contribution in [2.75, 3.05) is 0 Å². The summed E-state index contributed by atoms with van der Waals surface area (Å²) in [6, 6.07) is 30.2. The second kappa shape index (κ2) is 9.53. The van der Waals surface area contributed by atoms with Gasteiger partial charge in [0.2, 0.25) is 0 Å². The van der Waals surface area contributed by atoms with E-state index in [0.29, 0.717) is 0 Å². The Morgan fingerprint density at radius 1 is 0.615 bits per heavy atom. The van der Waals surface area contributed by atoms with Crippen LogP contribution in [0.4, 0.5) is 0 Å². The number of phenols is 1. The third-order valence-electron chi connectivity index (χ3n) is 7.50. The molecule has 0 radical (unpaired) electrons. The van der Waals surface area contributed by atoms with Gasteiger partial charge in [0.05, 0.1) is 0 Å². The van der Waals surface area contributed by atoms with E-state index in [-0.39, 0.29) is 5.75 Å². The number of rotatable bonds is 5. The van der Waals surface area contributed by atoms with Crippen LogP contribution in [0.1, 0.15) is 18.1 Å². The van der Waals surface area contributed by atoms with Crippen LogP contribution in [0.25, 0.3) is 62.9 Å². The van der Waals surface area contributed by atoms with Crippen molar-refractivity contribution in [3.05, 3.63) is 101 Å². The lowest BCUT2D eigenvalue weighted by atomic mass is 10.0. The van der Waals surface area contributed by atoms with Crippen LogP contribution < -0.4 is 0 Å². The molecular formula is C34H27NOS3. The molecule has 5 heteroatoms. The lowest BCUT2D eigenvalue weighted by Gasteiger charge is -2.05. The van der Waals surface area contributed by atoms with Crippen LogP contribution in [0.5, 0.6) is 5.75 Å². The molecule has 192 valence electrons. The number of benzene rings is 3. The van der Waals surface area contributed by atoms with E-state index in [4.69, 9.17) is 0 Å². The maximum Gasteiger partial charge on any atom is 0.115 e. The number of aryl methyl sites for hydroxylation is 3. The van der Waals surface area contributed by atoms with Gasteiger partial charge in [-0.2, -0.15) is 0 Å². The molecule has 7 aromatic rings. The van der Waals surface area contributed by atoms with E-state index in [2.05, 4.69) is 91.4 Å². The van der Waals surface area contributed by atoms with Gasteiger partial charge in [-0.05, 0) is 115 Å². The van der Waals surface area contributed by atoms with Crippen LogP contribution in [0.15, 0.2) is 90.3 Å². The number of nitrogens with zero attached hydrogens (tertiary/aromatic N) is 1. The lowest BCUT2D eigenvalue weighted by molar-refractivity contribution is 0.475. The van der Waals surface area contributed by atoms with E-state index in [0.717, 1.165) is 17.7 Å². The minimum Gasteiger partial charge on any atom is -0.508 e. The summed E-state index contributed by atoms with van der Waals surface area (Å²) < 4.78 is 2.40. The third-order valence-corrected chi connectivity index (χ3v) is 11.3. The molecule has 1 N–H and O–H groups in total. The molecule has 4 heterocycles. The second-order valence-electron chi connectivity index (χ2n) is 9.97. The summed E-state index contributed by atoms with van der Waals surface area (Å²) in [6.07, 6.45) is 0. The van der Waals surface area contributed by atoms with Gasteiger partial charge in [0, 0.05) is 52.7 Å². The average Bonchev–Trinajstić information content (AvgIpc) is 3.73. The average molecular weight is 562 g/mol. The van der Waals surface area contributed by atoms with Crippen molar-refractivity contribution >= 4 is 55.8 Å². The number of phenolic OH excluding ortho intramolecular Hbond substituents is 1. The summed E-state index contributed by atoms with van der Waals surface area (Å²) >= 11 is 5.60. The maximum absolute atomic E-state index is 9.74. The molecule has 0 aliphatic heterocycles. The minimum atomic E-state index is 0.290. The van der Waals surface area contributed by atoms with Crippen molar-refractivity contribution in [1.82, 2.24) is 4.57 Å². The molecule has 0 saturated carbocycles. The third kappa shape index (κ3) is 4.13. The van der Waals surface area contributed by atoms with Crippen molar-refractivity contribution in [2.45, 2.75) is 27.3 Å². The summed E-state index contributed by atoms with van der Waals surface area (Å²) in [4.78, 5) is 6.73. The first-order valence-electron chi connectivity index (χ1n) is 13.1. The number of hydrogen-bond acceptors (Lipinski definition) is 4. The van der Waals surface area contributed by atoms with Crippen molar-refractivity contribution in [2.24, 2.45) is 0 Å². The second-order valence-corrected chi connectivity index (χ2v) is 13.0. The number of hydrogen-bond donors (Lipinski definition) is 1. The molecule has 0 saturated heterocycles. The standard InChI is InChI=1S/C34H27NOS3/c1-4-35-28-11-7-23(22-5-9-25(36)10-6-22)18-26(28)27-19-24(8-12-29(27)35)33-21(3)17-32(39-33)30-13-14-31(38-30)34-20(2)15-16-37-34/h5-19,36H,4H2,1-3H3. The molecule has 3 aromatic carbocycles. The molecule has 0 atom stereocenters. The van der Waals surface area contributed by atoms with Crippen LogP contribution >= 0.6 is 34.0 Å². The first-order valence-corrected chi connectivity index (χ1v) is 15.6. The van der Waals surface area contributed by atoms with Crippen molar-refractivity contribution in [1.29, 1.82) is 0 Å². The molecule has 0 fully saturated rings. The van der Waals surface area contributed by atoms with Gasteiger partial charge in [0.15, 0.2) is 0 Å². The van der Waals surface area contributed by atoms with E-state index in [1.54, 1.807) is 12.1 Å². The fourth-order valence-corrected chi connectivity index (χ4v) is 8.90. The largest absolute Gasteiger partial charge is 0.508 e. The zero-order chi connectivity index (χ0) is 26.7. The zero-order valence-electron chi connectivity index (χ0n) is 22.0. The number of thiophene rings is 3. The first kappa shape index (κ1) is 24.4. The Morgan fingerprint density at radius 3 is 1.97 bits per heavy atom. The van der Waals surface area contributed by atoms with Crippen LogP contribution in [0.2, 0.25) is 0 Å². The van der Waals surface area contributed by atoms with Gasteiger partial charge in [0.1, 0.15) is 5.75 Å². The van der Waals surface area contributed by atoms with Crippen LogP contribution in [-0.2, 0) is 6.54 Å². The molecule has 7 rings (SSSR count). The highest BCUT2D eigenvalue weighted by Crippen LogP contribution is 2.45. The van der Waals surface area contributed by atoms with E-state index in [9.17, 15) is 5.11 Å². The lowest BCUT2D eigenvalue weighted by Crippen LogP contribution is -1.92.